The average molecular weight is 365 g/mol. The molecular formula is C21H23N3O3. The molecular weight excluding hydrogens is 342 g/mol. The number of pyridine rings is 1. The zero-order chi connectivity index (χ0) is 19.0. The number of hydrogen-bond acceptors (Lipinski definition) is 4. The van der Waals surface area contributed by atoms with Gasteiger partial charge in [-0.15, -0.1) is 0 Å². The second-order valence-corrected chi connectivity index (χ2v) is 6.99. The SMILES string of the molecule is CCCC(C(=O)O)c1c(C)nc2nc3n(c2c1Oc1ccccc1)CCC3. The number of carbonyl (C=O) groups is 1. The molecule has 0 spiro atoms. The predicted molar refractivity (Wildman–Crippen MR) is 102 cm³/mol. The van der Waals surface area contributed by atoms with Gasteiger partial charge in [0.2, 0.25) is 0 Å². The van der Waals surface area contributed by atoms with Crippen molar-refractivity contribution in [2.45, 2.75) is 52.0 Å². The van der Waals surface area contributed by atoms with Crippen LogP contribution in [0.25, 0.3) is 11.2 Å². The molecule has 1 N–H and O–H groups in total. The van der Waals surface area contributed by atoms with Gasteiger partial charge in [-0.2, -0.15) is 0 Å². The molecule has 1 unspecified atom stereocenters. The molecule has 4 rings (SSSR count). The third kappa shape index (κ3) is 3.05. The number of ether oxygens (including phenoxy) is 1. The van der Waals surface area contributed by atoms with Crippen molar-refractivity contribution in [3.05, 3.63) is 47.4 Å². The van der Waals surface area contributed by atoms with Crippen molar-refractivity contribution in [3.63, 3.8) is 0 Å². The smallest absolute Gasteiger partial charge is 0.311 e. The summed E-state index contributed by atoms with van der Waals surface area (Å²) in [4.78, 5) is 21.4. The van der Waals surface area contributed by atoms with Crippen molar-refractivity contribution in [1.29, 1.82) is 0 Å². The summed E-state index contributed by atoms with van der Waals surface area (Å²) in [5.41, 5.74) is 2.79. The van der Waals surface area contributed by atoms with Crippen LogP contribution in [-0.2, 0) is 17.8 Å². The van der Waals surface area contributed by atoms with Crippen molar-refractivity contribution in [3.8, 4) is 11.5 Å². The van der Waals surface area contributed by atoms with E-state index in [-0.39, 0.29) is 0 Å². The Kier molecular flexibility index (Phi) is 4.56. The standard InChI is InChI=1S/C21H23N3O3/c1-3-8-15(21(25)26)17-13(2)22-20-18(24-12-7-11-16(24)23-20)19(17)27-14-9-5-4-6-10-14/h4-6,9-10,15H,3,7-8,11-12H2,1-2H3,(H,25,26). The number of aromatic nitrogens is 3. The minimum absolute atomic E-state index is 0.537. The number of para-hydroxylation sites is 1. The summed E-state index contributed by atoms with van der Waals surface area (Å²) in [6, 6.07) is 9.49. The zero-order valence-corrected chi connectivity index (χ0v) is 15.6. The molecule has 0 fully saturated rings. The third-order valence-corrected chi connectivity index (χ3v) is 5.12. The van der Waals surface area contributed by atoms with Crippen molar-refractivity contribution >= 4 is 17.1 Å². The topological polar surface area (TPSA) is 77.2 Å². The Labute approximate surface area is 157 Å². The third-order valence-electron chi connectivity index (χ3n) is 5.12. The highest BCUT2D eigenvalue weighted by atomic mass is 16.5. The van der Waals surface area contributed by atoms with Crippen molar-refractivity contribution < 1.29 is 14.6 Å². The van der Waals surface area contributed by atoms with E-state index in [1.54, 1.807) is 0 Å². The number of aliphatic carboxylic acids is 1. The average Bonchev–Trinajstić information content (AvgIpc) is 3.22. The molecule has 1 atom stereocenters. The molecule has 0 aliphatic carbocycles. The van der Waals surface area contributed by atoms with Gasteiger partial charge in [-0.05, 0) is 31.9 Å². The molecule has 0 saturated heterocycles. The first-order chi connectivity index (χ1) is 13.1. The summed E-state index contributed by atoms with van der Waals surface area (Å²) in [5.74, 6) is 0.762. The quantitative estimate of drug-likeness (QED) is 0.698. The van der Waals surface area contributed by atoms with Gasteiger partial charge in [0.15, 0.2) is 11.4 Å². The second-order valence-electron chi connectivity index (χ2n) is 6.99. The van der Waals surface area contributed by atoms with E-state index in [4.69, 9.17) is 4.74 Å². The maximum Gasteiger partial charge on any atom is 0.311 e. The fraction of sp³-hybridized carbons (Fsp3) is 0.381. The van der Waals surface area contributed by atoms with Gasteiger partial charge in [0.05, 0.1) is 5.92 Å². The molecule has 0 radical (unpaired) electrons. The lowest BCUT2D eigenvalue weighted by Crippen LogP contribution is -2.15. The van der Waals surface area contributed by atoms with Gasteiger partial charge in [0.25, 0.3) is 0 Å². The molecule has 1 aliphatic heterocycles. The van der Waals surface area contributed by atoms with Gasteiger partial charge in [-0.1, -0.05) is 31.5 Å². The molecule has 1 aromatic carbocycles. The molecule has 1 aliphatic rings. The highest BCUT2D eigenvalue weighted by Crippen LogP contribution is 2.41. The monoisotopic (exact) mass is 365 g/mol. The minimum atomic E-state index is -0.847. The first kappa shape index (κ1) is 17.5. The molecule has 0 saturated carbocycles. The van der Waals surface area contributed by atoms with Gasteiger partial charge in [-0.3, -0.25) is 4.79 Å². The number of aryl methyl sites for hydroxylation is 3. The van der Waals surface area contributed by atoms with Crippen LogP contribution in [-0.4, -0.2) is 25.6 Å². The van der Waals surface area contributed by atoms with Crippen LogP contribution < -0.4 is 4.74 Å². The summed E-state index contributed by atoms with van der Waals surface area (Å²) in [6.45, 7) is 4.70. The van der Waals surface area contributed by atoms with Crippen LogP contribution in [0, 0.1) is 6.92 Å². The molecule has 0 amide bonds. The van der Waals surface area contributed by atoms with Crippen LogP contribution in [0.1, 0.15) is 49.2 Å². The molecule has 27 heavy (non-hydrogen) atoms. The highest BCUT2D eigenvalue weighted by molar-refractivity contribution is 5.86. The molecule has 6 heteroatoms. The van der Waals surface area contributed by atoms with E-state index in [9.17, 15) is 9.90 Å². The number of rotatable bonds is 6. The number of hydrogen-bond donors (Lipinski definition) is 1. The normalized spacial score (nSPS) is 14.3. The Morgan fingerprint density at radius 1 is 1.30 bits per heavy atom. The van der Waals surface area contributed by atoms with Crippen LogP contribution in [0.5, 0.6) is 11.5 Å². The van der Waals surface area contributed by atoms with E-state index in [2.05, 4.69) is 14.5 Å². The van der Waals surface area contributed by atoms with Crippen molar-refractivity contribution in [2.75, 3.05) is 0 Å². The van der Waals surface area contributed by atoms with Crippen molar-refractivity contribution in [2.24, 2.45) is 0 Å². The molecule has 140 valence electrons. The minimum Gasteiger partial charge on any atom is -0.481 e. The number of benzene rings is 1. The van der Waals surface area contributed by atoms with E-state index in [0.29, 0.717) is 34.8 Å². The van der Waals surface area contributed by atoms with Crippen LogP contribution in [0.2, 0.25) is 0 Å². The van der Waals surface area contributed by atoms with Gasteiger partial charge >= 0.3 is 5.97 Å². The molecule has 3 heterocycles. The van der Waals surface area contributed by atoms with E-state index in [1.807, 2.05) is 44.2 Å². The van der Waals surface area contributed by atoms with Crippen LogP contribution in [0.4, 0.5) is 0 Å². The maximum atomic E-state index is 12.0. The molecule has 6 nitrogen and oxygen atoms in total. The lowest BCUT2D eigenvalue weighted by molar-refractivity contribution is -0.139. The van der Waals surface area contributed by atoms with E-state index in [0.717, 1.165) is 37.1 Å². The fourth-order valence-corrected chi connectivity index (χ4v) is 3.93. The Balaban J connectivity index is 1.99. The van der Waals surface area contributed by atoms with E-state index < -0.39 is 11.9 Å². The zero-order valence-electron chi connectivity index (χ0n) is 15.6. The Bertz CT molecular complexity index is 995. The summed E-state index contributed by atoms with van der Waals surface area (Å²) in [5, 5.41) is 9.88. The van der Waals surface area contributed by atoms with Gasteiger partial charge in [-0.25, -0.2) is 9.97 Å². The Morgan fingerprint density at radius 3 is 2.78 bits per heavy atom. The molecule has 3 aromatic rings. The summed E-state index contributed by atoms with van der Waals surface area (Å²) in [6.07, 6.45) is 3.25. The van der Waals surface area contributed by atoms with Crippen LogP contribution in [0.3, 0.4) is 0 Å². The van der Waals surface area contributed by atoms with Crippen molar-refractivity contribution in [1.82, 2.24) is 14.5 Å². The van der Waals surface area contributed by atoms with Gasteiger partial charge in [0, 0.05) is 24.2 Å². The first-order valence-electron chi connectivity index (χ1n) is 9.45. The van der Waals surface area contributed by atoms with Crippen LogP contribution in [0.15, 0.2) is 30.3 Å². The first-order valence-corrected chi connectivity index (χ1v) is 9.45. The predicted octanol–water partition coefficient (Wildman–Crippen LogP) is 4.45. The summed E-state index contributed by atoms with van der Waals surface area (Å²) < 4.78 is 8.43. The van der Waals surface area contributed by atoms with E-state index >= 15 is 0 Å². The number of fused-ring (bicyclic) bond motifs is 3. The lowest BCUT2D eigenvalue weighted by atomic mass is 9.92. The number of nitrogens with zero attached hydrogens (tertiary/aromatic N) is 3. The van der Waals surface area contributed by atoms with Crippen LogP contribution >= 0.6 is 0 Å². The number of imidazole rings is 1. The van der Waals surface area contributed by atoms with Gasteiger partial charge in [0.1, 0.15) is 17.1 Å². The van der Waals surface area contributed by atoms with E-state index in [1.165, 1.54) is 0 Å². The Hall–Kier alpha value is -2.89. The maximum absolute atomic E-state index is 12.0. The Morgan fingerprint density at radius 2 is 2.07 bits per heavy atom. The summed E-state index contributed by atoms with van der Waals surface area (Å²) in [7, 11) is 0. The fourth-order valence-electron chi connectivity index (χ4n) is 3.93. The lowest BCUT2D eigenvalue weighted by Gasteiger charge is -2.20. The number of carboxylic acid groups (broad SMARTS) is 1. The largest absolute Gasteiger partial charge is 0.481 e. The number of carboxylic acids is 1. The summed E-state index contributed by atoms with van der Waals surface area (Å²) >= 11 is 0. The highest BCUT2D eigenvalue weighted by Gasteiger charge is 2.31. The molecule has 0 bridgehead atoms. The van der Waals surface area contributed by atoms with Gasteiger partial charge < -0.3 is 14.4 Å². The second kappa shape index (κ2) is 7.02. The molecule has 2 aromatic heterocycles.